The van der Waals surface area contributed by atoms with Crippen LogP contribution in [0.2, 0.25) is 0 Å². The summed E-state index contributed by atoms with van der Waals surface area (Å²) >= 11 is 0. The lowest BCUT2D eigenvalue weighted by Crippen LogP contribution is -2.47. The first-order valence-corrected chi connectivity index (χ1v) is 9.86. The van der Waals surface area contributed by atoms with Crippen LogP contribution in [0, 0.1) is 6.92 Å². The number of aryl methyl sites for hydroxylation is 1. The van der Waals surface area contributed by atoms with E-state index in [4.69, 9.17) is 0 Å². The van der Waals surface area contributed by atoms with E-state index < -0.39 is 20.5 Å². The average molecular weight is 347 g/mol. The molecule has 0 bridgehead atoms. The summed E-state index contributed by atoms with van der Waals surface area (Å²) in [6.07, 6.45) is 3.38. The van der Waals surface area contributed by atoms with E-state index in [0.717, 1.165) is 30.5 Å². The van der Waals surface area contributed by atoms with Crippen molar-refractivity contribution in [2.24, 2.45) is 0 Å². The van der Waals surface area contributed by atoms with Gasteiger partial charge in [-0.15, -0.1) is 5.10 Å². The number of para-hydroxylation sites is 1. The van der Waals surface area contributed by atoms with Gasteiger partial charge in [0, 0.05) is 18.0 Å². The molecule has 2 aromatic rings. The molecule has 1 heterocycles. The van der Waals surface area contributed by atoms with Gasteiger partial charge >= 0.3 is 0 Å². The molecule has 0 aliphatic heterocycles. The first-order valence-electron chi connectivity index (χ1n) is 7.97. The van der Waals surface area contributed by atoms with Crippen LogP contribution in [0.4, 0.5) is 5.82 Å². The van der Waals surface area contributed by atoms with Gasteiger partial charge < -0.3 is 5.32 Å². The molecule has 1 aliphatic carbocycles. The van der Waals surface area contributed by atoms with Crippen molar-refractivity contribution >= 4 is 21.6 Å². The molecule has 3 rings (SSSR count). The quantitative estimate of drug-likeness (QED) is 0.921. The van der Waals surface area contributed by atoms with E-state index in [1.54, 1.807) is 10.7 Å². The Bertz CT molecular complexity index is 850. The Kier molecular flexibility index (Phi) is 4.21. The summed E-state index contributed by atoms with van der Waals surface area (Å²) in [5, 5.41) is 7.11. The minimum atomic E-state index is -3.49. The van der Waals surface area contributed by atoms with Gasteiger partial charge in [0.2, 0.25) is 5.91 Å². The number of sulfone groups is 1. The van der Waals surface area contributed by atoms with Crippen LogP contribution in [0.25, 0.3) is 5.69 Å². The van der Waals surface area contributed by atoms with Crippen LogP contribution in [0.1, 0.15) is 31.4 Å². The maximum Gasteiger partial charge on any atom is 0.247 e. The van der Waals surface area contributed by atoms with Crippen molar-refractivity contribution in [3.8, 4) is 5.69 Å². The zero-order valence-corrected chi connectivity index (χ0v) is 14.6. The first-order chi connectivity index (χ1) is 11.3. The smallest absolute Gasteiger partial charge is 0.247 e. The molecule has 1 amide bonds. The Morgan fingerprint density at radius 1 is 1.21 bits per heavy atom. The summed E-state index contributed by atoms with van der Waals surface area (Å²) in [6.45, 7) is 1.89. The molecule has 6 nitrogen and oxygen atoms in total. The van der Waals surface area contributed by atoms with Gasteiger partial charge in [0.25, 0.3) is 0 Å². The Morgan fingerprint density at radius 3 is 2.42 bits per heavy atom. The lowest BCUT2D eigenvalue weighted by Gasteiger charge is -2.24. The molecule has 0 atom stereocenters. The number of hydrogen-bond acceptors (Lipinski definition) is 4. The Hall–Kier alpha value is -2.15. The van der Waals surface area contributed by atoms with Gasteiger partial charge in [-0.05, 0) is 31.9 Å². The molecule has 1 aromatic heterocycles. The number of carbonyl (C=O) groups excluding carboxylic acids is 1. The molecule has 0 unspecified atom stereocenters. The standard InChI is InChI=1S/C17H21N3O3S/c1-13-12-15(19-20(13)14-8-4-3-5-9-14)18-16(21)17(24(2,22)23)10-6-7-11-17/h3-5,8-9,12H,6-7,10-11H2,1-2H3,(H,18,19,21). The van der Waals surface area contributed by atoms with Gasteiger partial charge in [0.05, 0.1) is 5.69 Å². The molecule has 0 radical (unpaired) electrons. The maximum atomic E-state index is 12.7. The Labute approximate surface area is 141 Å². The Balaban J connectivity index is 1.88. The third-order valence-corrected chi connectivity index (χ3v) is 6.68. The van der Waals surface area contributed by atoms with Gasteiger partial charge in [-0.25, -0.2) is 13.1 Å². The molecule has 1 saturated carbocycles. The third-order valence-electron chi connectivity index (χ3n) is 4.66. The van der Waals surface area contributed by atoms with Crippen molar-refractivity contribution in [1.29, 1.82) is 0 Å². The second kappa shape index (κ2) is 6.05. The predicted molar refractivity (Wildman–Crippen MR) is 93.0 cm³/mol. The lowest BCUT2D eigenvalue weighted by atomic mass is 10.1. The van der Waals surface area contributed by atoms with E-state index in [1.807, 2.05) is 37.3 Å². The van der Waals surface area contributed by atoms with Crippen LogP contribution >= 0.6 is 0 Å². The van der Waals surface area contributed by atoms with Gasteiger partial charge in [-0.1, -0.05) is 31.0 Å². The van der Waals surface area contributed by atoms with Crippen molar-refractivity contribution in [3.63, 3.8) is 0 Å². The normalized spacial score (nSPS) is 16.9. The van der Waals surface area contributed by atoms with Gasteiger partial charge in [-0.3, -0.25) is 4.79 Å². The second-order valence-corrected chi connectivity index (χ2v) is 8.67. The number of hydrogen-bond donors (Lipinski definition) is 1. The van der Waals surface area contributed by atoms with Crippen LogP contribution < -0.4 is 5.32 Å². The first kappa shape index (κ1) is 16.7. The molecule has 1 aliphatic rings. The fourth-order valence-corrected chi connectivity index (χ4v) is 4.73. The predicted octanol–water partition coefficient (Wildman–Crippen LogP) is 2.48. The van der Waals surface area contributed by atoms with E-state index in [-0.39, 0.29) is 0 Å². The average Bonchev–Trinajstić information content (AvgIpc) is 3.15. The summed E-state index contributed by atoms with van der Waals surface area (Å²) in [7, 11) is -3.49. The molecule has 0 spiro atoms. The number of nitrogens with zero attached hydrogens (tertiary/aromatic N) is 2. The zero-order valence-electron chi connectivity index (χ0n) is 13.8. The molecule has 128 valence electrons. The van der Waals surface area contributed by atoms with E-state index >= 15 is 0 Å². The van der Waals surface area contributed by atoms with E-state index in [2.05, 4.69) is 10.4 Å². The second-order valence-electron chi connectivity index (χ2n) is 6.35. The molecule has 0 saturated heterocycles. The number of nitrogens with one attached hydrogen (secondary N) is 1. The van der Waals surface area contributed by atoms with Crippen LogP contribution in [-0.4, -0.2) is 35.1 Å². The minimum absolute atomic E-state index is 0.371. The van der Waals surface area contributed by atoms with E-state index in [9.17, 15) is 13.2 Å². The highest BCUT2D eigenvalue weighted by Gasteiger charge is 2.50. The summed E-state index contributed by atoms with van der Waals surface area (Å²) in [4.78, 5) is 12.7. The molecule has 1 aromatic carbocycles. The summed E-state index contributed by atoms with van der Waals surface area (Å²) < 4.78 is 24.8. The molecular weight excluding hydrogens is 326 g/mol. The summed E-state index contributed by atoms with van der Waals surface area (Å²) in [5.74, 6) is -0.100. The zero-order chi connectivity index (χ0) is 17.4. The third kappa shape index (κ3) is 2.84. The molecule has 1 N–H and O–H groups in total. The minimum Gasteiger partial charge on any atom is -0.308 e. The summed E-state index contributed by atoms with van der Waals surface area (Å²) in [5.41, 5.74) is 1.74. The maximum absolute atomic E-state index is 12.7. The lowest BCUT2D eigenvalue weighted by molar-refractivity contribution is -0.118. The van der Waals surface area contributed by atoms with Crippen LogP contribution in [0.5, 0.6) is 0 Å². The molecular formula is C17H21N3O3S. The fraction of sp³-hybridized carbons (Fsp3) is 0.412. The topological polar surface area (TPSA) is 81.1 Å². The summed E-state index contributed by atoms with van der Waals surface area (Å²) in [6, 6.07) is 11.3. The number of anilines is 1. The van der Waals surface area contributed by atoms with Crippen LogP contribution in [0.15, 0.2) is 36.4 Å². The number of rotatable bonds is 4. The molecule has 7 heteroatoms. The van der Waals surface area contributed by atoms with Crippen molar-refractivity contribution in [2.75, 3.05) is 11.6 Å². The van der Waals surface area contributed by atoms with Crippen molar-refractivity contribution in [1.82, 2.24) is 9.78 Å². The number of amides is 1. The van der Waals surface area contributed by atoms with Crippen molar-refractivity contribution in [2.45, 2.75) is 37.4 Å². The Morgan fingerprint density at radius 2 is 1.83 bits per heavy atom. The van der Waals surface area contributed by atoms with Gasteiger partial charge in [0.1, 0.15) is 0 Å². The molecule has 1 fully saturated rings. The van der Waals surface area contributed by atoms with Crippen molar-refractivity contribution < 1.29 is 13.2 Å². The highest BCUT2D eigenvalue weighted by atomic mass is 32.2. The van der Waals surface area contributed by atoms with E-state index in [0.29, 0.717) is 18.7 Å². The highest BCUT2D eigenvalue weighted by Crippen LogP contribution is 2.37. The number of aromatic nitrogens is 2. The van der Waals surface area contributed by atoms with E-state index in [1.165, 1.54) is 0 Å². The monoisotopic (exact) mass is 347 g/mol. The number of carbonyl (C=O) groups is 1. The SMILES string of the molecule is Cc1cc(NC(=O)C2(S(C)(=O)=O)CCCC2)nn1-c1ccccc1. The highest BCUT2D eigenvalue weighted by molar-refractivity contribution is 7.92. The fourth-order valence-electron chi connectivity index (χ4n) is 3.31. The van der Waals surface area contributed by atoms with Crippen LogP contribution in [-0.2, 0) is 14.6 Å². The van der Waals surface area contributed by atoms with Crippen molar-refractivity contribution in [3.05, 3.63) is 42.1 Å². The van der Waals surface area contributed by atoms with Gasteiger partial charge in [-0.2, -0.15) is 0 Å². The van der Waals surface area contributed by atoms with Crippen LogP contribution in [0.3, 0.4) is 0 Å². The van der Waals surface area contributed by atoms with Gasteiger partial charge in [0.15, 0.2) is 20.4 Å². The largest absolute Gasteiger partial charge is 0.308 e. The number of benzene rings is 1. The molecule has 24 heavy (non-hydrogen) atoms.